The molecule has 1 aliphatic heterocycles. The average molecular weight is 388 g/mol. The second-order valence-corrected chi connectivity index (χ2v) is 8.86. The second kappa shape index (κ2) is 8.54. The van der Waals surface area contributed by atoms with Gasteiger partial charge in [0.15, 0.2) is 9.84 Å². The summed E-state index contributed by atoms with van der Waals surface area (Å²) in [7, 11) is -3.35. The molecule has 1 fully saturated rings. The second-order valence-electron chi connectivity index (χ2n) is 6.83. The first-order valence-corrected chi connectivity index (χ1v) is 10.6. The number of anilines is 1. The van der Waals surface area contributed by atoms with E-state index in [0.717, 1.165) is 12.0 Å². The molecule has 3 rings (SSSR count). The Bertz CT molecular complexity index is 871. The maximum Gasteiger partial charge on any atom is 0.319 e. The molecule has 0 spiro atoms. The van der Waals surface area contributed by atoms with E-state index < -0.39 is 9.84 Å². The van der Waals surface area contributed by atoms with E-state index in [0.29, 0.717) is 25.4 Å². The summed E-state index contributed by atoms with van der Waals surface area (Å²) >= 11 is 0. The van der Waals surface area contributed by atoms with Crippen LogP contribution in [-0.4, -0.2) is 33.4 Å². The van der Waals surface area contributed by atoms with Crippen molar-refractivity contribution in [3.8, 4) is 0 Å². The molecule has 0 aliphatic carbocycles. The van der Waals surface area contributed by atoms with E-state index in [1.54, 1.807) is 12.1 Å². The first kappa shape index (κ1) is 19.4. The number of hydrogen-bond donors (Lipinski definition) is 2. The van der Waals surface area contributed by atoms with Crippen LogP contribution in [0.1, 0.15) is 17.5 Å². The lowest BCUT2D eigenvalue weighted by molar-refractivity contribution is 0.188. The van der Waals surface area contributed by atoms with Gasteiger partial charge in [-0.15, -0.1) is 0 Å². The summed E-state index contributed by atoms with van der Waals surface area (Å²) in [5, 5.41) is 5.49. The van der Waals surface area contributed by atoms with Crippen molar-refractivity contribution in [2.75, 3.05) is 24.3 Å². The molecule has 2 aromatic carbocycles. The van der Waals surface area contributed by atoms with Crippen LogP contribution in [0.25, 0.3) is 0 Å². The quantitative estimate of drug-likeness (QED) is 0.796. The Morgan fingerprint density at radius 3 is 2.44 bits per heavy atom. The van der Waals surface area contributed by atoms with Crippen LogP contribution >= 0.6 is 0 Å². The van der Waals surface area contributed by atoms with Crippen LogP contribution in [0, 0.1) is 12.8 Å². The predicted octanol–water partition coefficient (Wildman–Crippen LogP) is 3.13. The van der Waals surface area contributed by atoms with Crippen LogP contribution in [0.5, 0.6) is 0 Å². The van der Waals surface area contributed by atoms with E-state index in [1.807, 2.05) is 31.2 Å². The first-order valence-electron chi connectivity index (χ1n) is 8.93. The van der Waals surface area contributed by atoms with Crippen molar-refractivity contribution in [1.29, 1.82) is 0 Å². The zero-order chi connectivity index (χ0) is 19.3. The summed E-state index contributed by atoms with van der Waals surface area (Å²) in [6.45, 7) is 3.55. The molecule has 144 valence electrons. The Morgan fingerprint density at radius 2 is 1.81 bits per heavy atom. The topological polar surface area (TPSA) is 84.5 Å². The fraction of sp³-hybridized carbons (Fsp3) is 0.350. The van der Waals surface area contributed by atoms with Crippen molar-refractivity contribution >= 4 is 21.6 Å². The Morgan fingerprint density at radius 1 is 1.11 bits per heavy atom. The van der Waals surface area contributed by atoms with E-state index in [2.05, 4.69) is 10.6 Å². The first-order chi connectivity index (χ1) is 12.9. The summed E-state index contributed by atoms with van der Waals surface area (Å²) in [6, 6.07) is 13.8. The fourth-order valence-electron chi connectivity index (χ4n) is 2.93. The van der Waals surface area contributed by atoms with Crippen LogP contribution in [-0.2, 0) is 21.1 Å². The fourth-order valence-corrected chi connectivity index (χ4v) is 4.56. The van der Waals surface area contributed by atoms with Crippen molar-refractivity contribution < 1.29 is 17.9 Å². The monoisotopic (exact) mass is 388 g/mol. The van der Waals surface area contributed by atoms with E-state index >= 15 is 0 Å². The molecule has 2 N–H and O–H groups in total. The predicted molar refractivity (Wildman–Crippen MR) is 104 cm³/mol. The highest BCUT2D eigenvalue weighted by Gasteiger charge is 2.24. The number of carbonyl (C=O) groups excluding carboxylic acids is 1. The normalized spacial score (nSPS) is 16.9. The van der Waals surface area contributed by atoms with Gasteiger partial charge in [0.2, 0.25) is 0 Å². The van der Waals surface area contributed by atoms with Crippen molar-refractivity contribution in [3.05, 3.63) is 59.7 Å². The third-order valence-electron chi connectivity index (χ3n) is 4.52. The molecule has 1 unspecified atom stereocenters. The number of urea groups is 1. The lowest BCUT2D eigenvalue weighted by Gasteiger charge is -2.11. The van der Waals surface area contributed by atoms with Gasteiger partial charge in [0.05, 0.1) is 17.3 Å². The zero-order valence-corrected chi connectivity index (χ0v) is 16.1. The van der Waals surface area contributed by atoms with Crippen LogP contribution in [0.3, 0.4) is 0 Å². The molecule has 1 atom stereocenters. The van der Waals surface area contributed by atoms with Gasteiger partial charge in [-0.1, -0.05) is 29.8 Å². The van der Waals surface area contributed by atoms with Crippen LogP contribution in [0.4, 0.5) is 10.5 Å². The van der Waals surface area contributed by atoms with E-state index in [4.69, 9.17) is 4.74 Å². The van der Waals surface area contributed by atoms with Crippen molar-refractivity contribution in [2.45, 2.75) is 24.8 Å². The summed E-state index contributed by atoms with van der Waals surface area (Å²) in [6.07, 6.45) is 0.778. The van der Waals surface area contributed by atoms with Gasteiger partial charge >= 0.3 is 6.03 Å². The van der Waals surface area contributed by atoms with Crippen LogP contribution in [0.15, 0.2) is 53.4 Å². The zero-order valence-electron chi connectivity index (χ0n) is 15.3. The lowest BCUT2D eigenvalue weighted by Crippen LogP contribution is -2.28. The number of ether oxygens (including phenoxy) is 1. The van der Waals surface area contributed by atoms with Gasteiger partial charge in [0, 0.05) is 18.8 Å². The Hall–Kier alpha value is -2.38. The van der Waals surface area contributed by atoms with Gasteiger partial charge in [-0.3, -0.25) is 0 Å². The Labute approximate surface area is 159 Å². The van der Waals surface area contributed by atoms with Gasteiger partial charge < -0.3 is 15.4 Å². The highest BCUT2D eigenvalue weighted by Crippen LogP contribution is 2.21. The third-order valence-corrected chi connectivity index (χ3v) is 6.42. The van der Waals surface area contributed by atoms with E-state index in [1.165, 1.54) is 17.7 Å². The molecule has 7 heteroatoms. The highest BCUT2D eigenvalue weighted by molar-refractivity contribution is 7.91. The molecule has 6 nitrogen and oxygen atoms in total. The third kappa shape index (κ3) is 5.55. The molecule has 27 heavy (non-hydrogen) atoms. The molecule has 2 aromatic rings. The SMILES string of the molecule is Cc1ccc(CNC(=O)Nc2ccc(S(=O)(=O)CC3CCOC3)cc2)cc1. The molecular weight excluding hydrogens is 364 g/mol. The van der Waals surface area contributed by atoms with Gasteiger partial charge in [-0.05, 0) is 49.1 Å². The molecular formula is C20H24N2O4S. The van der Waals surface area contributed by atoms with Gasteiger partial charge in [-0.25, -0.2) is 13.2 Å². The molecule has 0 radical (unpaired) electrons. The molecule has 1 saturated heterocycles. The number of aryl methyl sites for hydroxylation is 1. The Kier molecular flexibility index (Phi) is 6.13. The van der Waals surface area contributed by atoms with Crippen molar-refractivity contribution in [1.82, 2.24) is 5.32 Å². The molecule has 0 saturated carbocycles. The lowest BCUT2D eigenvalue weighted by atomic mass is 10.1. The maximum atomic E-state index is 12.4. The van der Waals surface area contributed by atoms with Crippen molar-refractivity contribution in [2.24, 2.45) is 5.92 Å². The summed E-state index contributed by atoms with van der Waals surface area (Å²) in [4.78, 5) is 12.3. The summed E-state index contributed by atoms with van der Waals surface area (Å²) in [5.74, 6) is 0.150. The van der Waals surface area contributed by atoms with E-state index in [-0.39, 0.29) is 22.6 Å². The summed E-state index contributed by atoms with van der Waals surface area (Å²) < 4.78 is 30.1. The summed E-state index contributed by atoms with van der Waals surface area (Å²) in [5.41, 5.74) is 2.71. The van der Waals surface area contributed by atoms with Crippen LogP contribution < -0.4 is 10.6 Å². The minimum absolute atomic E-state index is 0.0559. The number of carbonyl (C=O) groups is 1. The largest absolute Gasteiger partial charge is 0.381 e. The molecule has 0 aromatic heterocycles. The number of benzene rings is 2. The van der Waals surface area contributed by atoms with Crippen LogP contribution in [0.2, 0.25) is 0 Å². The molecule has 1 heterocycles. The maximum absolute atomic E-state index is 12.4. The molecule has 2 amide bonds. The van der Waals surface area contributed by atoms with Crippen molar-refractivity contribution in [3.63, 3.8) is 0 Å². The highest BCUT2D eigenvalue weighted by atomic mass is 32.2. The molecule has 1 aliphatic rings. The van der Waals surface area contributed by atoms with Gasteiger partial charge in [0.1, 0.15) is 0 Å². The smallest absolute Gasteiger partial charge is 0.319 e. The number of nitrogens with one attached hydrogen (secondary N) is 2. The molecule has 0 bridgehead atoms. The van der Waals surface area contributed by atoms with Gasteiger partial charge in [0.25, 0.3) is 0 Å². The average Bonchev–Trinajstić information content (AvgIpc) is 3.14. The Balaban J connectivity index is 1.53. The van der Waals surface area contributed by atoms with Gasteiger partial charge in [-0.2, -0.15) is 0 Å². The van der Waals surface area contributed by atoms with E-state index in [9.17, 15) is 13.2 Å². The number of sulfone groups is 1. The minimum atomic E-state index is -3.35. The standard InChI is InChI=1S/C20H24N2O4S/c1-15-2-4-16(5-3-15)12-21-20(23)22-18-6-8-19(9-7-18)27(24,25)14-17-10-11-26-13-17/h2-9,17H,10-14H2,1H3,(H2,21,22,23). The minimum Gasteiger partial charge on any atom is -0.381 e. The number of hydrogen-bond acceptors (Lipinski definition) is 4. The number of amides is 2. The number of rotatable bonds is 6.